The van der Waals surface area contributed by atoms with Gasteiger partial charge in [0.15, 0.2) is 5.43 Å². The van der Waals surface area contributed by atoms with E-state index in [4.69, 9.17) is 0 Å². The number of benzene rings is 2. The van der Waals surface area contributed by atoms with Crippen molar-refractivity contribution >= 4 is 37.5 Å². The van der Waals surface area contributed by atoms with E-state index in [9.17, 15) is 4.79 Å². The minimum absolute atomic E-state index is 0.0926. The minimum atomic E-state index is 0.0926. The van der Waals surface area contributed by atoms with Gasteiger partial charge in [-0.1, -0.05) is 51.8 Å². The molecular weight excluding hydrogens is 288 g/mol. The number of aryl methyl sites for hydroxylation is 1. The number of hydrogen-bond donors (Lipinski definition) is 0. The van der Waals surface area contributed by atoms with Crippen LogP contribution in [0, 0.1) is 6.92 Å². The van der Waals surface area contributed by atoms with E-state index in [0.29, 0.717) is 0 Å². The zero-order valence-electron chi connectivity index (χ0n) is 9.91. The third-order valence-electron chi connectivity index (χ3n) is 3.16. The van der Waals surface area contributed by atoms with Crippen molar-refractivity contribution in [3.63, 3.8) is 0 Å². The maximum Gasteiger partial charge on any atom is 0.194 e. The first-order chi connectivity index (χ1) is 8.65. The summed E-state index contributed by atoms with van der Waals surface area (Å²) < 4.78 is 0.930. The molecule has 0 aliphatic carbocycles. The average Bonchev–Trinajstić information content (AvgIpc) is 2.49. The van der Waals surface area contributed by atoms with Crippen molar-refractivity contribution < 1.29 is 0 Å². The Morgan fingerprint density at radius 1 is 0.833 bits per heavy atom. The molecule has 0 atom stereocenters. The highest BCUT2D eigenvalue weighted by Gasteiger charge is 2.03. The van der Waals surface area contributed by atoms with Crippen LogP contribution in [0.2, 0.25) is 0 Å². The van der Waals surface area contributed by atoms with Gasteiger partial charge < -0.3 is 0 Å². The molecule has 0 bridgehead atoms. The molecule has 3 aromatic rings. The SMILES string of the molecule is Cc1ccc2ccc3ccc(Br)cc3c(=O)c2c1. The molecule has 0 radical (unpaired) electrons. The molecule has 3 rings (SSSR count). The van der Waals surface area contributed by atoms with Crippen LogP contribution in [-0.2, 0) is 0 Å². The fourth-order valence-corrected chi connectivity index (χ4v) is 2.57. The van der Waals surface area contributed by atoms with E-state index in [0.717, 1.165) is 31.6 Å². The van der Waals surface area contributed by atoms with Crippen LogP contribution in [0.1, 0.15) is 5.56 Å². The Balaban J connectivity index is 2.62. The molecule has 88 valence electrons. The van der Waals surface area contributed by atoms with Crippen LogP contribution >= 0.6 is 15.9 Å². The molecule has 1 nitrogen and oxygen atoms in total. The molecule has 0 aliphatic rings. The summed E-state index contributed by atoms with van der Waals surface area (Å²) in [5.41, 5.74) is 1.20. The van der Waals surface area contributed by atoms with Crippen LogP contribution in [0.15, 0.2) is 57.8 Å². The van der Waals surface area contributed by atoms with Gasteiger partial charge in [-0.15, -0.1) is 0 Å². The van der Waals surface area contributed by atoms with Crippen molar-refractivity contribution in [1.29, 1.82) is 0 Å². The fraction of sp³-hybridized carbons (Fsp3) is 0.0625. The Morgan fingerprint density at radius 2 is 1.39 bits per heavy atom. The molecule has 0 aliphatic heterocycles. The molecule has 0 fully saturated rings. The summed E-state index contributed by atoms with van der Waals surface area (Å²) in [6, 6.07) is 15.8. The summed E-state index contributed by atoms with van der Waals surface area (Å²) in [6.07, 6.45) is 0. The van der Waals surface area contributed by atoms with Gasteiger partial charge in [-0.05, 0) is 35.9 Å². The van der Waals surface area contributed by atoms with Gasteiger partial charge in [-0.2, -0.15) is 0 Å². The van der Waals surface area contributed by atoms with Gasteiger partial charge in [0, 0.05) is 15.2 Å². The van der Waals surface area contributed by atoms with Crippen molar-refractivity contribution in [3.05, 3.63) is 68.8 Å². The highest BCUT2D eigenvalue weighted by Crippen LogP contribution is 2.20. The maximum absolute atomic E-state index is 12.6. The van der Waals surface area contributed by atoms with Crippen molar-refractivity contribution in [2.24, 2.45) is 0 Å². The third-order valence-corrected chi connectivity index (χ3v) is 3.65. The number of fused-ring (bicyclic) bond motifs is 2. The minimum Gasteiger partial charge on any atom is -0.289 e. The van der Waals surface area contributed by atoms with E-state index in [1.807, 2.05) is 55.5 Å². The summed E-state index contributed by atoms with van der Waals surface area (Å²) in [6.45, 7) is 2.00. The van der Waals surface area contributed by atoms with Gasteiger partial charge in [-0.3, -0.25) is 4.79 Å². The van der Waals surface area contributed by atoms with Crippen LogP contribution < -0.4 is 5.43 Å². The van der Waals surface area contributed by atoms with E-state index in [1.165, 1.54) is 0 Å². The zero-order valence-corrected chi connectivity index (χ0v) is 11.5. The van der Waals surface area contributed by atoms with E-state index in [1.54, 1.807) is 0 Å². The van der Waals surface area contributed by atoms with Gasteiger partial charge in [0.2, 0.25) is 0 Å². The van der Waals surface area contributed by atoms with Gasteiger partial charge in [0.05, 0.1) is 0 Å². The van der Waals surface area contributed by atoms with Gasteiger partial charge in [0.25, 0.3) is 0 Å². The first-order valence-electron chi connectivity index (χ1n) is 5.78. The standard InChI is InChI=1S/C16H11BrO/c1-10-2-3-11-4-5-12-6-7-13(17)9-15(12)16(18)14(11)8-10/h2-9H,1H3. The van der Waals surface area contributed by atoms with E-state index in [-0.39, 0.29) is 5.43 Å². The molecule has 2 heteroatoms. The van der Waals surface area contributed by atoms with Crippen molar-refractivity contribution in [3.8, 4) is 0 Å². The molecule has 0 saturated carbocycles. The van der Waals surface area contributed by atoms with Crippen molar-refractivity contribution in [2.75, 3.05) is 0 Å². The first kappa shape index (κ1) is 11.4. The van der Waals surface area contributed by atoms with E-state index in [2.05, 4.69) is 15.9 Å². The Kier molecular flexibility index (Phi) is 2.67. The smallest absolute Gasteiger partial charge is 0.194 e. The summed E-state index contributed by atoms with van der Waals surface area (Å²) in [5, 5.41) is 3.49. The lowest BCUT2D eigenvalue weighted by Gasteiger charge is -1.95. The number of rotatable bonds is 0. The van der Waals surface area contributed by atoms with E-state index >= 15 is 0 Å². The fourth-order valence-electron chi connectivity index (χ4n) is 2.21. The molecule has 0 amide bonds. The number of halogens is 1. The Hall–Kier alpha value is -1.67. The van der Waals surface area contributed by atoms with Crippen molar-refractivity contribution in [1.82, 2.24) is 0 Å². The molecule has 0 spiro atoms. The van der Waals surface area contributed by atoms with Crippen LogP contribution in [0.4, 0.5) is 0 Å². The summed E-state index contributed by atoms with van der Waals surface area (Å²) in [5.74, 6) is 0. The second-order valence-corrected chi connectivity index (χ2v) is 5.40. The summed E-state index contributed by atoms with van der Waals surface area (Å²) >= 11 is 3.42. The third kappa shape index (κ3) is 1.83. The lowest BCUT2D eigenvalue weighted by molar-refractivity contribution is 1.51. The molecular formula is C16H11BrO. The van der Waals surface area contributed by atoms with E-state index < -0.39 is 0 Å². The molecule has 0 heterocycles. The number of hydrogen-bond acceptors (Lipinski definition) is 1. The summed E-state index contributed by atoms with van der Waals surface area (Å²) in [7, 11) is 0. The molecule has 0 N–H and O–H groups in total. The van der Waals surface area contributed by atoms with Crippen LogP contribution in [0.25, 0.3) is 21.5 Å². The molecule has 18 heavy (non-hydrogen) atoms. The van der Waals surface area contributed by atoms with Crippen LogP contribution in [-0.4, -0.2) is 0 Å². The highest BCUT2D eigenvalue weighted by atomic mass is 79.9. The topological polar surface area (TPSA) is 17.1 Å². The van der Waals surface area contributed by atoms with Gasteiger partial charge in [0.1, 0.15) is 0 Å². The second-order valence-electron chi connectivity index (χ2n) is 4.48. The largest absolute Gasteiger partial charge is 0.289 e. The Labute approximate surface area is 113 Å². The van der Waals surface area contributed by atoms with Crippen LogP contribution in [0.5, 0.6) is 0 Å². The Morgan fingerprint density at radius 3 is 2.11 bits per heavy atom. The normalized spacial score (nSPS) is 11.0. The molecule has 3 aromatic carbocycles. The Bertz CT molecular complexity index is 754. The molecule has 0 unspecified atom stereocenters. The lowest BCUT2D eigenvalue weighted by atomic mass is 10.1. The monoisotopic (exact) mass is 298 g/mol. The predicted molar refractivity (Wildman–Crippen MR) is 80.2 cm³/mol. The van der Waals surface area contributed by atoms with Crippen molar-refractivity contribution in [2.45, 2.75) is 6.92 Å². The van der Waals surface area contributed by atoms with Gasteiger partial charge in [-0.25, -0.2) is 0 Å². The molecule has 0 saturated heterocycles. The predicted octanol–water partition coefficient (Wildman–Crippen LogP) is 4.42. The summed E-state index contributed by atoms with van der Waals surface area (Å²) in [4.78, 5) is 12.6. The highest BCUT2D eigenvalue weighted by molar-refractivity contribution is 9.10. The average molecular weight is 299 g/mol. The molecule has 0 aromatic heterocycles. The zero-order chi connectivity index (χ0) is 12.7. The maximum atomic E-state index is 12.6. The first-order valence-corrected chi connectivity index (χ1v) is 6.57. The van der Waals surface area contributed by atoms with Gasteiger partial charge >= 0.3 is 0 Å². The second kappa shape index (κ2) is 4.21. The lowest BCUT2D eigenvalue weighted by Crippen LogP contribution is -1.98. The quantitative estimate of drug-likeness (QED) is 0.600. The van der Waals surface area contributed by atoms with Crippen LogP contribution in [0.3, 0.4) is 0 Å².